The normalized spacial score (nSPS) is 13.2. The Hall–Kier alpha value is -3.46. The highest BCUT2D eigenvalue weighted by atomic mass is 35.5. The smallest absolute Gasteiger partial charge is 0.269 e. The number of rotatable bonds is 4. The molecule has 2 aromatic carbocycles. The zero-order valence-corrected chi connectivity index (χ0v) is 14.5. The molecule has 1 aliphatic heterocycles. The van der Waals surface area contributed by atoms with E-state index in [2.05, 4.69) is 10.3 Å². The zero-order chi connectivity index (χ0) is 19.0. The molecule has 10 heteroatoms. The van der Waals surface area contributed by atoms with Gasteiger partial charge < -0.3 is 4.74 Å². The topological polar surface area (TPSA) is 103 Å². The average molecular weight is 386 g/mol. The van der Waals surface area contributed by atoms with Gasteiger partial charge in [0.1, 0.15) is 11.4 Å². The molecule has 1 aromatic heterocycles. The molecular weight excluding hydrogens is 374 g/mol. The van der Waals surface area contributed by atoms with Crippen LogP contribution in [0.4, 0.5) is 11.4 Å². The van der Waals surface area contributed by atoms with Crippen molar-refractivity contribution in [1.29, 1.82) is 0 Å². The number of fused-ring (bicyclic) bond motifs is 1. The molecule has 27 heavy (non-hydrogen) atoms. The van der Waals surface area contributed by atoms with Crippen LogP contribution in [0.2, 0.25) is 5.02 Å². The summed E-state index contributed by atoms with van der Waals surface area (Å²) < 4.78 is 6.91. The van der Waals surface area contributed by atoms with E-state index in [1.54, 1.807) is 36.5 Å². The fourth-order valence-corrected chi connectivity index (χ4v) is 2.90. The summed E-state index contributed by atoms with van der Waals surface area (Å²) in [5.74, 6) is 0.358. The first-order valence-electron chi connectivity index (χ1n) is 7.90. The third-order valence-corrected chi connectivity index (χ3v) is 4.29. The Morgan fingerprint density at radius 2 is 2.00 bits per heavy atom. The first kappa shape index (κ1) is 17.0. The van der Waals surface area contributed by atoms with Crippen LogP contribution in [0.5, 0.6) is 5.75 Å². The summed E-state index contributed by atoms with van der Waals surface area (Å²) in [4.78, 5) is 24.1. The Bertz CT molecular complexity index is 1030. The van der Waals surface area contributed by atoms with Crippen molar-refractivity contribution in [2.24, 2.45) is 0 Å². The number of non-ortho nitro benzene ring substituents is 1. The van der Waals surface area contributed by atoms with Crippen LogP contribution in [0.25, 0.3) is 5.69 Å². The SMILES string of the molecule is O=C1COc2ccc(Cl)cc2N1Cc1cn(-c2ccc([N+](=O)[O-])cc2)nn1. The van der Waals surface area contributed by atoms with E-state index < -0.39 is 4.92 Å². The van der Waals surface area contributed by atoms with E-state index in [1.165, 1.54) is 21.7 Å². The monoisotopic (exact) mass is 385 g/mol. The van der Waals surface area contributed by atoms with Crippen molar-refractivity contribution in [3.8, 4) is 11.4 Å². The number of nitrogens with zero attached hydrogens (tertiary/aromatic N) is 5. The van der Waals surface area contributed by atoms with Crippen molar-refractivity contribution in [3.63, 3.8) is 0 Å². The molecule has 0 radical (unpaired) electrons. The van der Waals surface area contributed by atoms with Gasteiger partial charge in [-0.15, -0.1) is 5.10 Å². The number of carbonyl (C=O) groups excluding carboxylic acids is 1. The van der Waals surface area contributed by atoms with Crippen LogP contribution in [0.1, 0.15) is 5.69 Å². The standard InChI is InChI=1S/C17H12ClN5O4/c18-11-1-6-16-15(7-11)21(17(24)10-27-16)8-12-9-22(20-19-12)13-2-4-14(5-3-13)23(25)26/h1-7,9H,8,10H2. The second kappa shape index (κ2) is 6.69. The van der Waals surface area contributed by atoms with E-state index >= 15 is 0 Å². The highest BCUT2D eigenvalue weighted by Gasteiger charge is 2.26. The fraction of sp³-hybridized carbons (Fsp3) is 0.118. The van der Waals surface area contributed by atoms with E-state index in [4.69, 9.17) is 16.3 Å². The van der Waals surface area contributed by atoms with Crippen LogP contribution < -0.4 is 9.64 Å². The quantitative estimate of drug-likeness (QED) is 0.505. The van der Waals surface area contributed by atoms with Gasteiger partial charge in [-0.2, -0.15) is 0 Å². The molecule has 0 spiro atoms. The highest BCUT2D eigenvalue weighted by molar-refractivity contribution is 6.31. The van der Waals surface area contributed by atoms with Crippen LogP contribution in [0.3, 0.4) is 0 Å². The first-order chi connectivity index (χ1) is 13.0. The Morgan fingerprint density at radius 1 is 1.22 bits per heavy atom. The maximum Gasteiger partial charge on any atom is 0.269 e. The third kappa shape index (κ3) is 3.32. The number of nitro groups is 1. The van der Waals surface area contributed by atoms with Crippen LogP contribution in [-0.2, 0) is 11.3 Å². The third-order valence-electron chi connectivity index (χ3n) is 4.05. The second-order valence-corrected chi connectivity index (χ2v) is 6.24. The predicted molar refractivity (Wildman–Crippen MR) is 96.2 cm³/mol. The van der Waals surface area contributed by atoms with E-state index in [1.807, 2.05) is 0 Å². The van der Waals surface area contributed by atoms with Crippen molar-refractivity contribution >= 4 is 28.9 Å². The number of ether oxygens (including phenoxy) is 1. The Morgan fingerprint density at radius 3 is 2.74 bits per heavy atom. The molecule has 0 unspecified atom stereocenters. The summed E-state index contributed by atoms with van der Waals surface area (Å²) in [6.45, 7) is 0.133. The van der Waals surface area contributed by atoms with Crippen LogP contribution >= 0.6 is 11.6 Å². The van der Waals surface area contributed by atoms with Crippen molar-refractivity contribution in [2.75, 3.05) is 11.5 Å². The lowest BCUT2D eigenvalue weighted by Crippen LogP contribution is -2.38. The van der Waals surface area contributed by atoms with Gasteiger partial charge in [0.25, 0.3) is 11.6 Å². The minimum absolute atomic E-state index is 0.00788. The summed E-state index contributed by atoms with van der Waals surface area (Å²) >= 11 is 6.04. The molecule has 0 saturated heterocycles. The minimum atomic E-state index is -0.469. The maximum absolute atomic E-state index is 12.3. The molecular formula is C17H12ClN5O4. The number of anilines is 1. The van der Waals surface area contributed by atoms with Gasteiger partial charge in [-0.1, -0.05) is 16.8 Å². The van der Waals surface area contributed by atoms with Crippen LogP contribution in [-0.4, -0.2) is 32.4 Å². The fourth-order valence-electron chi connectivity index (χ4n) is 2.73. The highest BCUT2D eigenvalue weighted by Crippen LogP contribution is 2.35. The molecule has 4 rings (SSSR count). The van der Waals surface area contributed by atoms with Crippen molar-refractivity contribution in [3.05, 3.63) is 69.5 Å². The molecule has 0 aliphatic carbocycles. The largest absolute Gasteiger partial charge is 0.482 e. The van der Waals surface area contributed by atoms with Gasteiger partial charge >= 0.3 is 0 Å². The molecule has 2 heterocycles. The van der Waals surface area contributed by atoms with E-state index in [-0.39, 0.29) is 24.7 Å². The lowest BCUT2D eigenvalue weighted by molar-refractivity contribution is -0.384. The maximum atomic E-state index is 12.3. The van der Waals surface area contributed by atoms with Gasteiger partial charge in [-0.25, -0.2) is 4.68 Å². The molecule has 9 nitrogen and oxygen atoms in total. The van der Waals surface area contributed by atoms with E-state index in [0.717, 1.165) is 0 Å². The predicted octanol–water partition coefficient (Wildman–Crippen LogP) is 2.75. The van der Waals surface area contributed by atoms with Crippen molar-refractivity contribution in [2.45, 2.75) is 6.54 Å². The molecule has 3 aromatic rings. The molecule has 0 atom stereocenters. The van der Waals surface area contributed by atoms with Gasteiger partial charge in [0.05, 0.1) is 29.0 Å². The first-order valence-corrected chi connectivity index (χ1v) is 8.28. The number of hydrogen-bond donors (Lipinski definition) is 0. The molecule has 136 valence electrons. The van der Waals surface area contributed by atoms with Gasteiger partial charge in [-0.05, 0) is 30.3 Å². The number of aromatic nitrogens is 3. The number of carbonyl (C=O) groups is 1. The van der Waals surface area contributed by atoms with Crippen LogP contribution in [0.15, 0.2) is 48.7 Å². The minimum Gasteiger partial charge on any atom is -0.482 e. The summed E-state index contributed by atoms with van der Waals surface area (Å²) in [5.41, 5.74) is 1.74. The zero-order valence-electron chi connectivity index (χ0n) is 13.8. The van der Waals surface area contributed by atoms with E-state index in [9.17, 15) is 14.9 Å². The lowest BCUT2D eigenvalue weighted by Gasteiger charge is -2.28. The number of hydrogen-bond acceptors (Lipinski definition) is 6. The van der Waals surface area contributed by atoms with Crippen LogP contribution in [0, 0.1) is 10.1 Å². The number of benzene rings is 2. The van der Waals surface area contributed by atoms with Gasteiger partial charge in [0.15, 0.2) is 6.61 Å². The summed E-state index contributed by atoms with van der Waals surface area (Å²) in [7, 11) is 0. The van der Waals surface area contributed by atoms with Gasteiger partial charge in [0, 0.05) is 17.2 Å². The number of amides is 1. The molecule has 0 saturated carbocycles. The summed E-state index contributed by atoms with van der Waals surface area (Å²) in [6, 6.07) is 11.0. The molecule has 1 amide bonds. The lowest BCUT2D eigenvalue weighted by atomic mass is 10.2. The molecule has 0 N–H and O–H groups in total. The van der Waals surface area contributed by atoms with Crippen molar-refractivity contribution < 1.29 is 14.5 Å². The molecule has 0 bridgehead atoms. The van der Waals surface area contributed by atoms with Crippen molar-refractivity contribution in [1.82, 2.24) is 15.0 Å². The summed E-state index contributed by atoms with van der Waals surface area (Å²) in [5, 5.41) is 19.3. The van der Waals surface area contributed by atoms with Gasteiger partial charge in [0.2, 0.25) is 0 Å². The Balaban J connectivity index is 1.59. The van der Waals surface area contributed by atoms with E-state index in [0.29, 0.717) is 27.8 Å². The molecule has 1 aliphatic rings. The Labute approximate surface area is 157 Å². The summed E-state index contributed by atoms with van der Waals surface area (Å²) in [6.07, 6.45) is 1.66. The Kier molecular flexibility index (Phi) is 4.21. The average Bonchev–Trinajstić information content (AvgIpc) is 3.13. The number of halogens is 1. The molecule has 0 fully saturated rings. The second-order valence-electron chi connectivity index (χ2n) is 5.81. The van der Waals surface area contributed by atoms with Gasteiger partial charge in [-0.3, -0.25) is 19.8 Å². The number of nitro benzene ring substituents is 1.